The molecule has 3 unspecified atom stereocenters. The molecule has 0 bridgehead atoms. The summed E-state index contributed by atoms with van der Waals surface area (Å²) in [7, 11) is 0. The van der Waals surface area contributed by atoms with Gasteiger partial charge in [0.05, 0.1) is 12.1 Å². The number of allylic oxidation sites excluding steroid dienone is 2. The van der Waals surface area contributed by atoms with Crippen molar-refractivity contribution in [1.82, 2.24) is 10.6 Å². The van der Waals surface area contributed by atoms with Crippen LogP contribution in [0.3, 0.4) is 0 Å². The Bertz CT molecular complexity index is 2460. The number of rotatable bonds is 4. The number of fused-ring (bicyclic) bond motifs is 6. The second kappa shape index (κ2) is 11.4. The largest absolute Gasteiger partial charge is 0.365 e. The lowest BCUT2D eigenvalue weighted by Crippen LogP contribution is -2.57. The normalized spacial score (nSPS) is 19.2. The second-order valence-electron chi connectivity index (χ2n) is 13.5. The third-order valence-electron chi connectivity index (χ3n) is 10.5. The van der Waals surface area contributed by atoms with E-state index in [1.54, 1.807) is 0 Å². The van der Waals surface area contributed by atoms with Crippen LogP contribution < -0.4 is 15.5 Å². The van der Waals surface area contributed by atoms with E-state index in [1.165, 1.54) is 77.6 Å². The quantitative estimate of drug-likeness (QED) is 0.203. The zero-order valence-electron chi connectivity index (χ0n) is 27.1. The highest BCUT2D eigenvalue weighted by molar-refractivity contribution is 5.91. The van der Waals surface area contributed by atoms with Gasteiger partial charge in [-0.15, -0.1) is 0 Å². The van der Waals surface area contributed by atoms with E-state index in [2.05, 4.69) is 185 Å². The number of hydrogen-bond donors (Lipinski definition) is 2. The van der Waals surface area contributed by atoms with Gasteiger partial charge in [0.25, 0.3) is 0 Å². The maximum atomic E-state index is 4.06. The summed E-state index contributed by atoms with van der Waals surface area (Å²) in [5, 5.41) is 13.0. The van der Waals surface area contributed by atoms with E-state index in [0.29, 0.717) is 0 Å². The Morgan fingerprint density at radius 1 is 0.510 bits per heavy atom. The Kier molecular flexibility index (Phi) is 6.53. The van der Waals surface area contributed by atoms with Crippen molar-refractivity contribution in [3.05, 3.63) is 181 Å². The maximum Gasteiger partial charge on any atom is 0.123 e. The number of piperazine rings is 1. The third-order valence-corrected chi connectivity index (χ3v) is 10.5. The summed E-state index contributed by atoms with van der Waals surface area (Å²) in [4.78, 5) is 2.50. The molecule has 0 saturated carbocycles. The molecule has 3 nitrogen and oxygen atoms in total. The Labute approximate surface area is 286 Å². The smallest absolute Gasteiger partial charge is 0.123 e. The molecule has 0 amide bonds. The molecule has 0 spiro atoms. The van der Waals surface area contributed by atoms with E-state index in [0.717, 1.165) is 6.42 Å². The molecule has 2 heterocycles. The zero-order chi connectivity index (χ0) is 32.3. The van der Waals surface area contributed by atoms with Crippen molar-refractivity contribution in [2.45, 2.75) is 24.7 Å². The van der Waals surface area contributed by atoms with Crippen LogP contribution in [0.4, 0.5) is 11.4 Å². The number of anilines is 2. The number of nitrogens with one attached hydrogen (secondary N) is 2. The van der Waals surface area contributed by atoms with Gasteiger partial charge >= 0.3 is 0 Å². The van der Waals surface area contributed by atoms with Crippen molar-refractivity contribution >= 4 is 32.9 Å². The topological polar surface area (TPSA) is 27.3 Å². The van der Waals surface area contributed by atoms with Crippen LogP contribution in [-0.2, 0) is 0 Å². The van der Waals surface area contributed by atoms with Crippen LogP contribution in [-0.4, -0.2) is 12.2 Å². The van der Waals surface area contributed by atoms with Crippen LogP contribution in [0.25, 0.3) is 54.9 Å². The molecule has 49 heavy (non-hydrogen) atoms. The predicted octanol–water partition coefficient (Wildman–Crippen LogP) is 10.9. The Balaban J connectivity index is 1.12. The monoisotopic (exact) mass is 629 g/mol. The summed E-state index contributed by atoms with van der Waals surface area (Å²) in [6, 6.07) is 56.2. The van der Waals surface area contributed by atoms with E-state index in [4.69, 9.17) is 0 Å². The minimum atomic E-state index is 0.0595. The lowest BCUT2D eigenvalue weighted by molar-refractivity contribution is 0.329. The van der Waals surface area contributed by atoms with E-state index >= 15 is 0 Å². The van der Waals surface area contributed by atoms with E-state index in [9.17, 15) is 0 Å². The van der Waals surface area contributed by atoms with Gasteiger partial charge in [-0.05, 0) is 122 Å². The minimum Gasteiger partial charge on any atom is -0.365 e. The van der Waals surface area contributed by atoms with E-state index < -0.39 is 0 Å². The summed E-state index contributed by atoms with van der Waals surface area (Å²) in [5.74, 6) is 0. The van der Waals surface area contributed by atoms with Crippen LogP contribution in [0.2, 0.25) is 0 Å². The predicted molar refractivity (Wildman–Crippen MR) is 205 cm³/mol. The SMILES string of the molecule is C1=CCC2NC3c4cc(-c5cc(-c6ccccc6)cc(-c6ccc7ccccc7c6)c5)ccc4N(c4ccc5ccccc5c4)C3NC2=C1. The van der Waals surface area contributed by atoms with Crippen LogP contribution in [0.5, 0.6) is 0 Å². The first-order valence-corrected chi connectivity index (χ1v) is 17.3. The molecule has 2 aliphatic heterocycles. The summed E-state index contributed by atoms with van der Waals surface area (Å²) in [5.41, 5.74) is 12.4. The van der Waals surface area contributed by atoms with Gasteiger partial charge in [0, 0.05) is 17.1 Å². The molecule has 1 fully saturated rings. The highest BCUT2D eigenvalue weighted by atomic mass is 15.4. The van der Waals surface area contributed by atoms with Crippen molar-refractivity contribution in [3.63, 3.8) is 0 Å². The molecular weight excluding hydrogens is 595 g/mol. The lowest BCUT2D eigenvalue weighted by Gasteiger charge is -2.41. The molecule has 0 radical (unpaired) electrons. The standard InChI is InChI=1S/C46H35N3/c1-2-10-30(11-3-1)37-25-38(35-19-18-31-12-4-6-14-33(31)24-35)27-39(26-37)36-21-23-44-41(29-36)45-46(48-43-17-9-8-16-42(43)47-45)49(44)40-22-20-32-13-5-7-15-34(32)28-40/h1-15,17-29,42,45-48H,16H2. The van der Waals surface area contributed by atoms with E-state index in [1.807, 2.05) is 0 Å². The van der Waals surface area contributed by atoms with Crippen LogP contribution >= 0.6 is 0 Å². The molecule has 0 aromatic heterocycles. The fourth-order valence-electron chi connectivity index (χ4n) is 8.08. The maximum absolute atomic E-state index is 4.06. The number of benzene rings is 7. The molecule has 2 N–H and O–H groups in total. The van der Waals surface area contributed by atoms with Crippen molar-refractivity contribution in [1.29, 1.82) is 0 Å². The van der Waals surface area contributed by atoms with Gasteiger partial charge in [-0.25, -0.2) is 0 Å². The molecule has 1 saturated heterocycles. The molecule has 1 aliphatic carbocycles. The lowest BCUT2D eigenvalue weighted by atomic mass is 9.91. The third kappa shape index (κ3) is 4.85. The van der Waals surface area contributed by atoms with Crippen molar-refractivity contribution in [2.24, 2.45) is 0 Å². The van der Waals surface area contributed by atoms with Crippen LogP contribution in [0, 0.1) is 0 Å². The number of hydrogen-bond acceptors (Lipinski definition) is 3. The zero-order valence-corrected chi connectivity index (χ0v) is 27.1. The van der Waals surface area contributed by atoms with Crippen molar-refractivity contribution in [2.75, 3.05) is 4.90 Å². The molecule has 3 heteroatoms. The minimum absolute atomic E-state index is 0.0595. The summed E-state index contributed by atoms with van der Waals surface area (Å²) in [6.07, 6.45) is 7.72. The molecular formula is C46H35N3. The molecule has 234 valence electrons. The van der Waals surface area contributed by atoms with Gasteiger partial charge in [-0.2, -0.15) is 0 Å². The van der Waals surface area contributed by atoms with Gasteiger partial charge in [-0.3, -0.25) is 5.32 Å². The Morgan fingerprint density at radius 3 is 1.92 bits per heavy atom. The highest BCUT2D eigenvalue weighted by Gasteiger charge is 2.44. The van der Waals surface area contributed by atoms with Crippen molar-refractivity contribution in [3.8, 4) is 33.4 Å². The van der Waals surface area contributed by atoms with Gasteiger partial charge in [0.2, 0.25) is 0 Å². The van der Waals surface area contributed by atoms with Crippen molar-refractivity contribution < 1.29 is 0 Å². The molecule has 3 atom stereocenters. The second-order valence-corrected chi connectivity index (χ2v) is 13.5. The fourth-order valence-corrected chi connectivity index (χ4v) is 8.08. The van der Waals surface area contributed by atoms with Crippen LogP contribution in [0.15, 0.2) is 176 Å². The first-order valence-electron chi connectivity index (χ1n) is 17.3. The van der Waals surface area contributed by atoms with E-state index in [-0.39, 0.29) is 18.2 Å². The summed E-state index contributed by atoms with van der Waals surface area (Å²) >= 11 is 0. The Morgan fingerprint density at radius 2 is 1.14 bits per heavy atom. The summed E-state index contributed by atoms with van der Waals surface area (Å²) < 4.78 is 0. The summed E-state index contributed by atoms with van der Waals surface area (Å²) in [6.45, 7) is 0. The molecule has 7 aromatic rings. The molecule has 3 aliphatic rings. The van der Waals surface area contributed by atoms with Gasteiger partial charge in [-0.1, -0.05) is 115 Å². The van der Waals surface area contributed by atoms with Gasteiger partial charge in [0.15, 0.2) is 0 Å². The average Bonchev–Trinajstić information content (AvgIpc) is 3.49. The van der Waals surface area contributed by atoms with Gasteiger partial charge in [0.1, 0.15) is 6.17 Å². The van der Waals surface area contributed by atoms with Gasteiger partial charge < -0.3 is 10.2 Å². The number of nitrogens with zero attached hydrogens (tertiary/aromatic N) is 1. The average molecular weight is 630 g/mol. The fraction of sp³-hybridized carbons (Fsp3) is 0.0870. The first-order chi connectivity index (χ1) is 24.2. The Hall–Kier alpha value is -5.90. The van der Waals surface area contributed by atoms with Crippen LogP contribution in [0.1, 0.15) is 18.0 Å². The molecule has 7 aromatic carbocycles. The first kappa shape index (κ1) is 28.1. The molecule has 10 rings (SSSR count). The highest BCUT2D eigenvalue weighted by Crippen LogP contribution is 2.48.